The molecule has 1 aromatic carbocycles. The van der Waals surface area contributed by atoms with Crippen molar-refractivity contribution < 1.29 is 14.0 Å². The van der Waals surface area contributed by atoms with E-state index in [1.165, 1.54) is 24.5 Å². The number of carbonyl (C=O) groups is 2. The van der Waals surface area contributed by atoms with E-state index in [1.807, 2.05) is 0 Å². The number of carbonyl (C=O) groups excluding carboxylic acids is 2. The first-order chi connectivity index (χ1) is 14.4. The van der Waals surface area contributed by atoms with Crippen LogP contribution in [0.4, 0.5) is 10.1 Å². The Morgan fingerprint density at radius 3 is 2.47 bits per heavy atom. The average molecular weight is 443 g/mol. The second kappa shape index (κ2) is 8.22. The Morgan fingerprint density at radius 2 is 1.77 bits per heavy atom. The number of halogens is 3. The van der Waals surface area contributed by atoms with E-state index >= 15 is 0 Å². The van der Waals surface area contributed by atoms with Crippen LogP contribution in [-0.4, -0.2) is 26.2 Å². The van der Waals surface area contributed by atoms with Gasteiger partial charge in [-0.2, -0.15) is 0 Å². The molecule has 0 fully saturated rings. The molecular formula is C21H13Cl2FN4O2. The van der Waals surface area contributed by atoms with Crippen LogP contribution in [0.15, 0.2) is 61.2 Å². The van der Waals surface area contributed by atoms with Crippen LogP contribution >= 0.6 is 23.2 Å². The smallest absolute Gasteiger partial charge is 0.296 e. The van der Waals surface area contributed by atoms with E-state index in [4.69, 9.17) is 23.2 Å². The number of amides is 1. The summed E-state index contributed by atoms with van der Waals surface area (Å²) >= 11 is 12.0. The maximum absolute atomic E-state index is 13.2. The Labute approximate surface area is 180 Å². The number of nitrogens with zero attached hydrogens (tertiary/aromatic N) is 3. The molecule has 1 N–H and O–H groups in total. The standard InChI is InChI=1S/C21H13Cl2FN4O2/c22-16-8-25-9-17(23)18(16)27-21(30)19(29)15-11-28(20-14(15)2-1-7-26-20)10-12-3-5-13(24)6-4-12/h1-9,11H,10H2,(H,25,27,30). The zero-order valence-electron chi connectivity index (χ0n) is 15.3. The second-order valence-corrected chi connectivity index (χ2v) is 7.25. The van der Waals surface area contributed by atoms with Crippen molar-refractivity contribution in [3.05, 3.63) is 88.2 Å². The molecule has 3 heterocycles. The fraction of sp³-hybridized carbons (Fsp3) is 0.0476. The van der Waals surface area contributed by atoms with E-state index in [-0.39, 0.29) is 27.1 Å². The number of fused-ring (bicyclic) bond motifs is 1. The van der Waals surface area contributed by atoms with Crippen LogP contribution in [0.2, 0.25) is 10.0 Å². The quantitative estimate of drug-likeness (QED) is 0.357. The lowest BCUT2D eigenvalue weighted by molar-refractivity contribution is -0.112. The van der Waals surface area contributed by atoms with Gasteiger partial charge in [-0.15, -0.1) is 0 Å². The summed E-state index contributed by atoms with van der Waals surface area (Å²) in [6.45, 7) is 0.352. The highest BCUT2D eigenvalue weighted by molar-refractivity contribution is 6.50. The third kappa shape index (κ3) is 3.90. The van der Waals surface area contributed by atoms with Crippen molar-refractivity contribution >= 4 is 51.6 Å². The summed E-state index contributed by atoms with van der Waals surface area (Å²) in [4.78, 5) is 33.6. The first-order valence-electron chi connectivity index (χ1n) is 8.77. The molecule has 0 spiro atoms. The average Bonchev–Trinajstić information content (AvgIpc) is 3.10. The maximum atomic E-state index is 13.2. The fourth-order valence-corrected chi connectivity index (χ4v) is 3.49. The van der Waals surface area contributed by atoms with Gasteiger partial charge in [-0.25, -0.2) is 9.37 Å². The molecule has 0 aliphatic carbocycles. The van der Waals surface area contributed by atoms with Crippen LogP contribution in [0.5, 0.6) is 0 Å². The van der Waals surface area contributed by atoms with Crippen molar-refractivity contribution in [1.29, 1.82) is 0 Å². The molecule has 30 heavy (non-hydrogen) atoms. The van der Waals surface area contributed by atoms with E-state index < -0.39 is 11.7 Å². The summed E-state index contributed by atoms with van der Waals surface area (Å²) in [5.41, 5.74) is 1.63. The summed E-state index contributed by atoms with van der Waals surface area (Å²) in [5, 5.41) is 3.19. The molecule has 0 saturated heterocycles. The minimum atomic E-state index is -0.894. The van der Waals surface area contributed by atoms with Gasteiger partial charge in [0.25, 0.3) is 11.7 Å². The Kier molecular flexibility index (Phi) is 5.48. The van der Waals surface area contributed by atoms with Crippen LogP contribution in [0.1, 0.15) is 15.9 Å². The molecule has 0 unspecified atom stereocenters. The SMILES string of the molecule is O=C(Nc1c(Cl)cncc1Cl)C(=O)c1cn(Cc2ccc(F)cc2)c2ncccc12. The number of hydrogen-bond acceptors (Lipinski definition) is 4. The molecular weight excluding hydrogens is 430 g/mol. The van der Waals surface area contributed by atoms with Crippen molar-refractivity contribution in [3.63, 3.8) is 0 Å². The first-order valence-corrected chi connectivity index (χ1v) is 9.52. The van der Waals surface area contributed by atoms with Crippen molar-refractivity contribution in [2.75, 3.05) is 5.32 Å². The molecule has 1 amide bonds. The molecule has 4 rings (SSSR count). The fourth-order valence-electron chi connectivity index (χ4n) is 3.03. The van der Waals surface area contributed by atoms with Crippen molar-refractivity contribution in [3.8, 4) is 0 Å². The summed E-state index contributed by atoms with van der Waals surface area (Å²) < 4.78 is 14.9. The Bertz CT molecular complexity index is 1250. The molecule has 0 radical (unpaired) electrons. The van der Waals surface area contributed by atoms with E-state index in [0.717, 1.165) is 5.56 Å². The van der Waals surface area contributed by atoms with Crippen LogP contribution in [0, 0.1) is 5.82 Å². The molecule has 0 atom stereocenters. The first kappa shape index (κ1) is 20.0. The zero-order valence-corrected chi connectivity index (χ0v) is 16.8. The van der Waals surface area contributed by atoms with Gasteiger partial charge in [0.05, 0.1) is 21.3 Å². The molecule has 0 aliphatic rings. The number of rotatable bonds is 5. The second-order valence-electron chi connectivity index (χ2n) is 6.43. The van der Waals surface area contributed by atoms with Gasteiger partial charge in [0.1, 0.15) is 11.5 Å². The van der Waals surface area contributed by atoms with Gasteiger partial charge in [-0.1, -0.05) is 35.3 Å². The highest BCUT2D eigenvalue weighted by Crippen LogP contribution is 2.29. The number of benzene rings is 1. The molecule has 150 valence electrons. The largest absolute Gasteiger partial charge is 0.327 e. The topological polar surface area (TPSA) is 76.9 Å². The van der Waals surface area contributed by atoms with Gasteiger partial charge in [0, 0.05) is 36.7 Å². The predicted octanol–water partition coefficient (Wildman–Crippen LogP) is 4.75. The number of pyridine rings is 2. The molecule has 3 aromatic heterocycles. The minimum Gasteiger partial charge on any atom is -0.327 e. The van der Waals surface area contributed by atoms with E-state index in [1.54, 1.807) is 41.2 Å². The highest BCUT2D eigenvalue weighted by atomic mass is 35.5. The predicted molar refractivity (Wildman–Crippen MR) is 112 cm³/mol. The molecule has 0 bridgehead atoms. The normalized spacial score (nSPS) is 10.9. The van der Waals surface area contributed by atoms with E-state index in [9.17, 15) is 14.0 Å². The molecule has 4 aromatic rings. The summed E-state index contributed by atoms with van der Waals surface area (Å²) in [6.07, 6.45) is 5.77. The highest BCUT2D eigenvalue weighted by Gasteiger charge is 2.23. The molecule has 0 saturated carbocycles. The third-order valence-corrected chi connectivity index (χ3v) is 5.02. The van der Waals surface area contributed by atoms with Gasteiger partial charge in [0.15, 0.2) is 0 Å². The Morgan fingerprint density at radius 1 is 1.07 bits per heavy atom. The lowest BCUT2D eigenvalue weighted by Crippen LogP contribution is -2.23. The lowest BCUT2D eigenvalue weighted by atomic mass is 10.1. The monoisotopic (exact) mass is 442 g/mol. The van der Waals surface area contributed by atoms with Crippen molar-refractivity contribution in [1.82, 2.24) is 14.5 Å². The van der Waals surface area contributed by atoms with Crippen LogP contribution in [-0.2, 0) is 11.3 Å². The van der Waals surface area contributed by atoms with Gasteiger partial charge in [-0.05, 0) is 29.8 Å². The third-order valence-electron chi connectivity index (χ3n) is 4.44. The number of hydrogen-bond donors (Lipinski definition) is 1. The van der Waals surface area contributed by atoms with Gasteiger partial charge in [-0.3, -0.25) is 14.6 Å². The minimum absolute atomic E-state index is 0.111. The number of aromatic nitrogens is 3. The number of nitrogens with one attached hydrogen (secondary N) is 1. The number of Topliss-reactive ketones (excluding diaryl/α,β-unsaturated/α-hetero) is 1. The van der Waals surface area contributed by atoms with Crippen LogP contribution in [0.25, 0.3) is 11.0 Å². The van der Waals surface area contributed by atoms with Crippen LogP contribution in [0.3, 0.4) is 0 Å². The number of anilines is 1. The van der Waals surface area contributed by atoms with Crippen molar-refractivity contribution in [2.24, 2.45) is 0 Å². The van der Waals surface area contributed by atoms with E-state index in [0.29, 0.717) is 17.6 Å². The summed E-state index contributed by atoms with van der Waals surface area (Å²) in [6, 6.07) is 9.38. The molecule has 9 heteroatoms. The van der Waals surface area contributed by atoms with Gasteiger partial charge >= 0.3 is 0 Å². The van der Waals surface area contributed by atoms with Gasteiger partial charge in [0.2, 0.25) is 0 Å². The van der Waals surface area contributed by atoms with Crippen LogP contribution < -0.4 is 5.32 Å². The Balaban J connectivity index is 1.67. The van der Waals surface area contributed by atoms with E-state index in [2.05, 4.69) is 15.3 Å². The maximum Gasteiger partial charge on any atom is 0.296 e. The molecule has 0 aliphatic heterocycles. The number of ketones is 1. The summed E-state index contributed by atoms with van der Waals surface area (Å²) in [5.74, 6) is -2.00. The zero-order chi connectivity index (χ0) is 21.3. The lowest BCUT2D eigenvalue weighted by Gasteiger charge is -2.07. The molecule has 6 nitrogen and oxygen atoms in total. The Hall–Kier alpha value is -3.29. The van der Waals surface area contributed by atoms with Crippen molar-refractivity contribution in [2.45, 2.75) is 6.54 Å². The van der Waals surface area contributed by atoms with Gasteiger partial charge < -0.3 is 9.88 Å². The summed E-state index contributed by atoms with van der Waals surface area (Å²) in [7, 11) is 0.